The van der Waals surface area contributed by atoms with Gasteiger partial charge in [0.05, 0.1) is 13.7 Å². The van der Waals surface area contributed by atoms with Gasteiger partial charge in [-0.3, -0.25) is 0 Å². The Morgan fingerprint density at radius 3 is 2.50 bits per heavy atom. The molecule has 1 aromatic carbocycles. The van der Waals surface area contributed by atoms with E-state index in [4.69, 9.17) is 14.2 Å². The summed E-state index contributed by atoms with van der Waals surface area (Å²) in [6.45, 7) is 5.20. The quantitative estimate of drug-likeness (QED) is 0.310. The van der Waals surface area contributed by atoms with Crippen LogP contribution in [-0.4, -0.2) is 37.1 Å². The Morgan fingerprint density at radius 2 is 2.00 bits per heavy atom. The highest BCUT2D eigenvalue weighted by Gasteiger charge is 2.27. The second-order valence-electron chi connectivity index (χ2n) is 6.07. The van der Waals surface area contributed by atoms with E-state index in [0.717, 1.165) is 13.6 Å². The largest absolute Gasteiger partial charge is 0.508 e. The van der Waals surface area contributed by atoms with Crippen LogP contribution in [0.2, 0.25) is 0 Å². The van der Waals surface area contributed by atoms with Gasteiger partial charge < -0.3 is 24.1 Å². The number of benzene rings is 1. The number of hydrogen-bond donors (Lipinski definition) is 1. The molecule has 0 saturated carbocycles. The summed E-state index contributed by atoms with van der Waals surface area (Å²) in [7, 11) is 0. The monoisotopic (exact) mass is 562 g/mol. The van der Waals surface area contributed by atoms with Crippen LogP contribution < -0.4 is 4.74 Å². The molecule has 1 heterocycles. The summed E-state index contributed by atoms with van der Waals surface area (Å²) in [5, 5.41) is 9.92. The Bertz CT molecular complexity index is 581. The van der Waals surface area contributed by atoms with Gasteiger partial charge in [0.2, 0.25) is 0 Å². The number of aliphatic hydroxyl groups excluding tert-OH is 1. The first kappa shape index (κ1) is 20.0. The van der Waals surface area contributed by atoms with Gasteiger partial charge in [0.15, 0.2) is 11.9 Å². The van der Waals surface area contributed by atoms with Crippen LogP contribution in [0.4, 0.5) is 4.79 Å². The summed E-state index contributed by atoms with van der Waals surface area (Å²) in [4.78, 5) is 10.8. The maximum atomic E-state index is 10.8. The molecule has 2 rings (SSSR count). The van der Waals surface area contributed by atoms with E-state index in [9.17, 15) is 9.90 Å². The zero-order valence-electron chi connectivity index (χ0n) is 13.7. The highest BCUT2D eigenvalue weighted by molar-refractivity contribution is 14.1. The summed E-state index contributed by atoms with van der Waals surface area (Å²) >= 11 is 4.37. The first-order valence-corrected chi connectivity index (χ1v) is 9.68. The van der Waals surface area contributed by atoms with Crippen LogP contribution in [0.25, 0.3) is 0 Å². The Labute approximate surface area is 168 Å². The summed E-state index contributed by atoms with van der Waals surface area (Å²) in [5.74, 6) is 0.569. The molecule has 0 amide bonds. The molecule has 1 aromatic rings. The predicted octanol–water partition coefficient (Wildman–Crippen LogP) is 3.79. The van der Waals surface area contributed by atoms with E-state index in [1.807, 2.05) is 0 Å². The van der Waals surface area contributed by atoms with Crippen LogP contribution in [-0.2, 0) is 19.6 Å². The normalized spacial score (nSPS) is 18.9. The fraction of sp³-hybridized carbons (Fsp3) is 0.562. The maximum Gasteiger partial charge on any atom is 0.508 e. The number of hydrogen-bond acceptors (Lipinski definition) is 6. The first-order valence-electron chi connectivity index (χ1n) is 7.52. The number of carbonyl (C=O) groups is 1. The van der Waals surface area contributed by atoms with E-state index in [2.05, 4.69) is 82.8 Å². The molecule has 1 saturated heterocycles. The third-order valence-corrected chi connectivity index (χ3v) is 5.56. The van der Waals surface area contributed by atoms with E-state index < -0.39 is 18.7 Å². The molecule has 1 N–H and O–H groups in total. The molecule has 0 aliphatic carbocycles. The van der Waals surface area contributed by atoms with E-state index in [0.29, 0.717) is 5.75 Å². The number of rotatable bonds is 7. The molecule has 8 heteroatoms. The minimum atomic E-state index is -1.45. The van der Waals surface area contributed by atoms with Crippen molar-refractivity contribution in [2.24, 2.45) is 0 Å². The van der Waals surface area contributed by atoms with Gasteiger partial charge in [-0.05, 0) is 74.7 Å². The minimum Gasteiger partial charge on any atom is -0.439 e. The van der Waals surface area contributed by atoms with Crippen molar-refractivity contribution in [3.63, 3.8) is 0 Å². The number of carbonyl (C=O) groups excluding carboxylic acids is 1. The fourth-order valence-corrected chi connectivity index (χ4v) is 4.06. The Balaban J connectivity index is 2.00. The summed E-state index contributed by atoms with van der Waals surface area (Å²) in [5.41, 5.74) is 1.29. The Hall–Kier alpha value is -0.330. The van der Waals surface area contributed by atoms with Crippen molar-refractivity contribution in [2.75, 3.05) is 13.2 Å². The number of cyclic esters (lactones) is 2. The van der Waals surface area contributed by atoms with Crippen LogP contribution in [0.3, 0.4) is 0 Å². The van der Waals surface area contributed by atoms with Crippen molar-refractivity contribution >= 4 is 51.3 Å². The van der Waals surface area contributed by atoms with Crippen LogP contribution in [0.5, 0.6) is 5.75 Å². The Kier molecular flexibility index (Phi) is 6.97. The standard InChI is InChI=1S/C16H20I2O6/c1-4-16(2,3)9-5-11(17)13(12(18)6-9)24-15(20)22-8-10-7-21-14(19)23-10/h5-6,10,15,20H,4,7-8H2,1-3H3. The van der Waals surface area contributed by atoms with Crippen LogP contribution in [0.15, 0.2) is 12.1 Å². The van der Waals surface area contributed by atoms with Gasteiger partial charge in [-0.1, -0.05) is 20.8 Å². The molecule has 134 valence electrons. The molecule has 0 bridgehead atoms. The molecule has 1 aliphatic heterocycles. The van der Waals surface area contributed by atoms with Gasteiger partial charge in [0.25, 0.3) is 0 Å². The smallest absolute Gasteiger partial charge is 0.439 e. The van der Waals surface area contributed by atoms with Crippen LogP contribution >= 0.6 is 45.2 Å². The molecule has 2 atom stereocenters. The predicted molar refractivity (Wildman–Crippen MR) is 104 cm³/mol. The molecule has 24 heavy (non-hydrogen) atoms. The van der Waals surface area contributed by atoms with E-state index >= 15 is 0 Å². The highest BCUT2D eigenvalue weighted by atomic mass is 127. The molecule has 1 aliphatic rings. The average molecular weight is 562 g/mol. The number of halogens is 2. The molecule has 0 aromatic heterocycles. The lowest BCUT2D eigenvalue weighted by Gasteiger charge is -2.25. The van der Waals surface area contributed by atoms with E-state index in [-0.39, 0.29) is 18.6 Å². The third-order valence-electron chi connectivity index (χ3n) is 3.96. The van der Waals surface area contributed by atoms with Crippen molar-refractivity contribution in [1.82, 2.24) is 0 Å². The Morgan fingerprint density at radius 1 is 1.38 bits per heavy atom. The van der Waals surface area contributed by atoms with E-state index in [1.165, 1.54) is 5.56 Å². The van der Waals surface area contributed by atoms with Gasteiger partial charge in [-0.25, -0.2) is 4.79 Å². The second kappa shape index (κ2) is 8.37. The first-order chi connectivity index (χ1) is 11.2. The van der Waals surface area contributed by atoms with Crippen molar-refractivity contribution in [3.05, 3.63) is 24.8 Å². The number of ether oxygens (including phenoxy) is 4. The second-order valence-corrected chi connectivity index (χ2v) is 8.39. The van der Waals surface area contributed by atoms with E-state index in [1.54, 1.807) is 0 Å². The van der Waals surface area contributed by atoms with Crippen LogP contribution in [0.1, 0.15) is 32.8 Å². The lowest BCUT2D eigenvalue weighted by atomic mass is 9.82. The average Bonchev–Trinajstić information content (AvgIpc) is 2.94. The molecular formula is C16H20I2O6. The molecule has 6 nitrogen and oxygen atoms in total. The minimum absolute atomic E-state index is 0.00101. The summed E-state index contributed by atoms with van der Waals surface area (Å²) in [6.07, 6.45) is -0.230. The SMILES string of the molecule is CCC(C)(C)c1cc(I)c(OC(O)OCC2COC(=O)O2)c(I)c1. The lowest BCUT2D eigenvalue weighted by Crippen LogP contribution is -2.27. The van der Waals surface area contributed by atoms with Gasteiger partial charge in [-0.15, -0.1) is 0 Å². The van der Waals surface area contributed by atoms with Gasteiger partial charge in [0.1, 0.15) is 6.61 Å². The maximum absolute atomic E-state index is 10.8. The molecule has 2 unspecified atom stereocenters. The molecule has 1 fully saturated rings. The molecule has 0 radical (unpaired) electrons. The van der Waals surface area contributed by atoms with Crippen molar-refractivity contribution < 1.29 is 28.8 Å². The lowest BCUT2D eigenvalue weighted by molar-refractivity contribution is -0.225. The fourth-order valence-electron chi connectivity index (χ4n) is 2.04. The molecular weight excluding hydrogens is 542 g/mol. The summed E-state index contributed by atoms with van der Waals surface area (Å²) in [6, 6.07) is 4.11. The van der Waals surface area contributed by atoms with Crippen molar-refractivity contribution in [1.29, 1.82) is 0 Å². The van der Waals surface area contributed by atoms with Crippen molar-refractivity contribution in [3.8, 4) is 5.75 Å². The topological polar surface area (TPSA) is 74.2 Å². The summed E-state index contributed by atoms with van der Waals surface area (Å²) < 4.78 is 21.9. The molecule has 0 spiro atoms. The van der Waals surface area contributed by atoms with Gasteiger partial charge >= 0.3 is 12.6 Å². The number of aliphatic hydroxyl groups is 1. The zero-order valence-corrected chi connectivity index (χ0v) is 18.0. The highest BCUT2D eigenvalue weighted by Crippen LogP contribution is 2.35. The zero-order chi connectivity index (χ0) is 17.9. The van der Waals surface area contributed by atoms with Gasteiger partial charge in [-0.2, -0.15) is 0 Å². The third kappa shape index (κ3) is 5.09. The van der Waals surface area contributed by atoms with Crippen molar-refractivity contribution in [2.45, 2.75) is 45.2 Å². The van der Waals surface area contributed by atoms with Gasteiger partial charge in [0, 0.05) is 0 Å². The van der Waals surface area contributed by atoms with Crippen LogP contribution in [0, 0.1) is 7.14 Å².